The van der Waals surface area contributed by atoms with Crippen molar-refractivity contribution in [3.05, 3.63) is 58.9 Å². The molecule has 0 saturated carbocycles. The molecule has 0 aliphatic rings. The van der Waals surface area contributed by atoms with Crippen LogP contribution in [0.5, 0.6) is 0 Å². The largest absolute Gasteiger partial charge is 0.399 e. The van der Waals surface area contributed by atoms with Crippen molar-refractivity contribution >= 4 is 27.3 Å². The molecule has 0 bridgehead atoms. The molecule has 0 radical (unpaired) electrons. The van der Waals surface area contributed by atoms with Gasteiger partial charge in [0.05, 0.1) is 5.02 Å². The number of halogens is 2. The fraction of sp³-hybridized carbons (Fsp3) is 0.143. The Hall–Kier alpha value is -1.63. The smallest absolute Gasteiger partial charge is 0.242 e. The summed E-state index contributed by atoms with van der Waals surface area (Å²) >= 11 is 5.79. The lowest BCUT2D eigenvalue weighted by molar-refractivity contribution is 0.578. The lowest BCUT2D eigenvalue weighted by Gasteiger charge is -2.08. The van der Waals surface area contributed by atoms with Gasteiger partial charge in [-0.2, -0.15) is 0 Å². The van der Waals surface area contributed by atoms with Crippen LogP contribution in [-0.2, 0) is 16.4 Å². The molecule has 2 rings (SSSR count). The fourth-order valence-corrected chi connectivity index (χ4v) is 3.32. The molecule has 2 aromatic rings. The standard InChI is InChI=1S/C14H14ClFN2O2S/c15-13-6-3-11(16)9-14(13)21(19,20)18-8-7-10-1-4-12(17)5-2-10/h1-6,9,18H,7-8,17H2. The predicted octanol–water partition coefficient (Wildman–Crippen LogP) is 2.58. The van der Waals surface area contributed by atoms with E-state index >= 15 is 0 Å². The maximum Gasteiger partial charge on any atom is 0.242 e. The van der Waals surface area contributed by atoms with Gasteiger partial charge >= 0.3 is 0 Å². The summed E-state index contributed by atoms with van der Waals surface area (Å²) in [6, 6.07) is 10.3. The molecule has 0 aromatic heterocycles. The summed E-state index contributed by atoms with van der Waals surface area (Å²) in [6.07, 6.45) is 0.493. The summed E-state index contributed by atoms with van der Waals surface area (Å²) < 4.78 is 39.7. The Labute approximate surface area is 127 Å². The first-order chi connectivity index (χ1) is 9.88. The molecule has 0 aliphatic carbocycles. The molecular formula is C14H14ClFN2O2S. The van der Waals surface area contributed by atoms with E-state index in [1.807, 2.05) is 12.1 Å². The second-order valence-corrected chi connectivity index (χ2v) is 6.61. The van der Waals surface area contributed by atoms with Crippen molar-refractivity contribution in [2.75, 3.05) is 12.3 Å². The normalized spacial score (nSPS) is 11.5. The van der Waals surface area contributed by atoms with Gasteiger partial charge in [-0.25, -0.2) is 17.5 Å². The number of nitrogens with one attached hydrogen (secondary N) is 1. The molecule has 0 heterocycles. The first-order valence-corrected chi connectivity index (χ1v) is 8.04. The molecular weight excluding hydrogens is 315 g/mol. The molecule has 21 heavy (non-hydrogen) atoms. The van der Waals surface area contributed by atoms with Crippen LogP contribution in [0, 0.1) is 5.82 Å². The van der Waals surface area contributed by atoms with E-state index in [1.165, 1.54) is 6.07 Å². The van der Waals surface area contributed by atoms with Crippen molar-refractivity contribution in [2.45, 2.75) is 11.3 Å². The van der Waals surface area contributed by atoms with E-state index in [0.717, 1.165) is 17.7 Å². The molecule has 0 fully saturated rings. The number of benzene rings is 2. The van der Waals surface area contributed by atoms with E-state index < -0.39 is 15.8 Å². The molecule has 2 aromatic carbocycles. The molecule has 0 unspecified atom stereocenters. The van der Waals surface area contributed by atoms with Gasteiger partial charge in [0.15, 0.2) is 0 Å². The topological polar surface area (TPSA) is 72.2 Å². The fourth-order valence-electron chi connectivity index (χ4n) is 1.77. The summed E-state index contributed by atoms with van der Waals surface area (Å²) in [5.41, 5.74) is 7.16. The quantitative estimate of drug-likeness (QED) is 0.829. The Kier molecular flexibility index (Phi) is 4.82. The average Bonchev–Trinajstić information content (AvgIpc) is 2.43. The molecule has 0 saturated heterocycles. The van der Waals surface area contributed by atoms with E-state index in [9.17, 15) is 12.8 Å². The Morgan fingerprint density at radius 2 is 1.81 bits per heavy atom. The maximum atomic E-state index is 13.1. The highest BCUT2D eigenvalue weighted by atomic mass is 35.5. The Bertz CT molecular complexity index is 733. The summed E-state index contributed by atoms with van der Waals surface area (Å²) in [5, 5.41) is -0.0172. The van der Waals surface area contributed by atoms with E-state index in [1.54, 1.807) is 12.1 Å². The number of rotatable bonds is 5. The molecule has 0 aliphatic heterocycles. The van der Waals surface area contributed by atoms with Gasteiger partial charge in [0, 0.05) is 12.2 Å². The second-order valence-electron chi connectivity index (χ2n) is 4.46. The zero-order valence-electron chi connectivity index (χ0n) is 11.0. The highest BCUT2D eigenvalue weighted by Crippen LogP contribution is 2.21. The molecule has 112 valence electrons. The Morgan fingerprint density at radius 1 is 1.14 bits per heavy atom. The molecule has 7 heteroatoms. The third-order valence-electron chi connectivity index (χ3n) is 2.87. The maximum absolute atomic E-state index is 13.1. The van der Waals surface area contributed by atoms with E-state index in [2.05, 4.69) is 4.72 Å². The van der Waals surface area contributed by atoms with Gasteiger partial charge < -0.3 is 5.73 Å². The van der Waals surface area contributed by atoms with E-state index in [-0.39, 0.29) is 16.5 Å². The van der Waals surface area contributed by atoms with Crippen LogP contribution in [0.25, 0.3) is 0 Å². The second kappa shape index (κ2) is 6.43. The number of anilines is 1. The summed E-state index contributed by atoms with van der Waals surface area (Å²) in [7, 11) is -3.84. The van der Waals surface area contributed by atoms with Crippen molar-refractivity contribution in [1.29, 1.82) is 0 Å². The minimum absolute atomic E-state index is 0.0172. The van der Waals surface area contributed by atoms with Crippen molar-refractivity contribution in [2.24, 2.45) is 0 Å². The van der Waals surface area contributed by atoms with Crippen molar-refractivity contribution in [3.63, 3.8) is 0 Å². The summed E-state index contributed by atoms with van der Waals surface area (Å²) in [5.74, 6) is -0.654. The minimum Gasteiger partial charge on any atom is -0.399 e. The van der Waals surface area contributed by atoms with Gasteiger partial charge in [0.25, 0.3) is 0 Å². The lowest BCUT2D eigenvalue weighted by Crippen LogP contribution is -2.26. The van der Waals surface area contributed by atoms with Gasteiger partial charge in [-0.3, -0.25) is 0 Å². The van der Waals surface area contributed by atoms with Gasteiger partial charge in [-0.15, -0.1) is 0 Å². The minimum atomic E-state index is -3.84. The third kappa shape index (κ3) is 4.17. The lowest BCUT2D eigenvalue weighted by atomic mass is 10.1. The third-order valence-corrected chi connectivity index (χ3v) is 4.81. The Morgan fingerprint density at radius 3 is 2.48 bits per heavy atom. The number of nitrogens with two attached hydrogens (primary N) is 1. The number of hydrogen-bond acceptors (Lipinski definition) is 3. The van der Waals surface area contributed by atoms with Crippen LogP contribution < -0.4 is 10.5 Å². The zero-order chi connectivity index (χ0) is 15.5. The predicted molar refractivity (Wildman–Crippen MR) is 81.2 cm³/mol. The van der Waals surface area contributed by atoms with Crippen LogP contribution in [0.4, 0.5) is 10.1 Å². The summed E-state index contributed by atoms with van der Waals surface area (Å²) in [4.78, 5) is -0.263. The number of sulfonamides is 1. The van der Waals surface area contributed by atoms with Gasteiger partial charge in [-0.05, 0) is 42.3 Å². The molecule has 0 spiro atoms. The van der Waals surface area contributed by atoms with E-state index in [0.29, 0.717) is 12.1 Å². The van der Waals surface area contributed by atoms with Crippen LogP contribution in [-0.4, -0.2) is 15.0 Å². The SMILES string of the molecule is Nc1ccc(CCNS(=O)(=O)c2cc(F)ccc2Cl)cc1. The van der Waals surface area contributed by atoms with E-state index in [4.69, 9.17) is 17.3 Å². The van der Waals surface area contributed by atoms with Crippen LogP contribution in [0.15, 0.2) is 47.4 Å². The van der Waals surface area contributed by atoms with Crippen LogP contribution in [0.1, 0.15) is 5.56 Å². The monoisotopic (exact) mass is 328 g/mol. The first-order valence-electron chi connectivity index (χ1n) is 6.17. The molecule has 0 atom stereocenters. The van der Waals surface area contributed by atoms with Gasteiger partial charge in [-0.1, -0.05) is 23.7 Å². The number of hydrogen-bond donors (Lipinski definition) is 2. The van der Waals surface area contributed by atoms with Gasteiger partial charge in [0.2, 0.25) is 10.0 Å². The summed E-state index contributed by atoms with van der Waals surface area (Å²) in [6.45, 7) is 0.180. The van der Waals surface area contributed by atoms with Crippen molar-refractivity contribution in [3.8, 4) is 0 Å². The Balaban J connectivity index is 2.04. The average molecular weight is 329 g/mol. The van der Waals surface area contributed by atoms with Crippen molar-refractivity contribution in [1.82, 2.24) is 4.72 Å². The van der Waals surface area contributed by atoms with Gasteiger partial charge in [0.1, 0.15) is 10.7 Å². The number of nitrogen functional groups attached to an aromatic ring is 1. The zero-order valence-corrected chi connectivity index (χ0v) is 12.6. The van der Waals surface area contributed by atoms with Crippen LogP contribution in [0.3, 0.4) is 0 Å². The molecule has 0 amide bonds. The first kappa shape index (κ1) is 15.8. The van der Waals surface area contributed by atoms with Crippen molar-refractivity contribution < 1.29 is 12.8 Å². The molecule has 4 nitrogen and oxygen atoms in total. The van der Waals surface area contributed by atoms with Crippen LogP contribution >= 0.6 is 11.6 Å². The highest BCUT2D eigenvalue weighted by Gasteiger charge is 2.18. The molecule has 3 N–H and O–H groups in total. The highest BCUT2D eigenvalue weighted by molar-refractivity contribution is 7.89. The van der Waals surface area contributed by atoms with Crippen LogP contribution in [0.2, 0.25) is 5.02 Å².